The minimum atomic E-state index is -0.725. The SMILES string of the molecule is CCCCN(C)C(=O)COc1cc(F)cc(F)c1. The molecule has 18 heavy (non-hydrogen) atoms. The molecular weight excluding hydrogens is 240 g/mol. The summed E-state index contributed by atoms with van der Waals surface area (Å²) in [6.45, 7) is 2.46. The summed E-state index contributed by atoms with van der Waals surface area (Å²) in [5.41, 5.74) is 0. The Bertz CT molecular complexity index is 390. The van der Waals surface area contributed by atoms with E-state index in [1.165, 1.54) is 0 Å². The highest BCUT2D eigenvalue weighted by Crippen LogP contribution is 2.15. The van der Waals surface area contributed by atoms with Gasteiger partial charge in [-0.05, 0) is 6.42 Å². The zero-order chi connectivity index (χ0) is 13.5. The van der Waals surface area contributed by atoms with E-state index in [4.69, 9.17) is 4.74 Å². The monoisotopic (exact) mass is 257 g/mol. The average Bonchev–Trinajstić information content (AvgIpc) is 2.31. The van der Waals surface area contributed by atoms with Gasteiger partial charge in [-0.2, -0.15) is 0 Å². The topological polar surface area (TPSA) is 29.5 Å². The Kier molecular flexibility index (Phi) is 5.55. The van der Waals surface area contributed by atoms with Gasteiger partial charge in [0.05, 0.1) is 0 Å². The van der Waals surface area contributed by atoms with Crippen molar-refractivity contribution in [3.05, 3.63) is 29.8 Å². The van der Waals surface area contributed by atoms with E-state index in [-0.39, 0.29) is 18.3 Å². The molecule has 0 aliphatic carbocycles. The first-order valence-electron chi connectivity index (χ1n) is 5.85. The van der Waals surface area contributed by atoms with Gasteiger partial charge in [-0.1, -0.05) is 13.3 Å². The number of hydrogen-bond donors (Lipinski definition) is 0. The predicted molar refractivity (Wildman–Crippen MR) is 64.4 cm³/mol. The van der Waals surface area contributed by atoms with Crippen LogP contribution in [0.2, 0.25) is 0 Å². The number of ether oxygens (including phenoxy) is 1. The van der Waals surface area contributed by atoms with Crippen LogP contribution in [0.25, 0.3) is 0 Å². The maximum atomic E-state index is 12.9. The number of amides is 1. The summed E-state index contributed by atoms with van der Waals surface area (Å²) in [6.07, 6.45) is 1.91. The molecule has 0 N–H and O–H groups in total. The van der Waals surface area contributed by atoms with Gasteiger partial charge in [0.2, 0.25) is 0 Å². The van der Waals surface area contributed by atoms with E-state index in [1.54, 1.807) is 11.9 Å². The van der Waals surface area contributed by atoms with Gasteiger partial charge in [0.25, 0.3) is 5.91 Å². The fourth-order valence-electron chi connectivity index (χ4n) is 1.39. The molecule has 100 valence electrons. The second-order valence-electron chi connectivity index (χ2n) is 4.06. The Morgan fingerprint density at radius 3 is 2.44 bits per heavy atom. The first kappa shape index (κ1) is 14.4. The van der Waals surface area contributed by atoms with E-state index >= 15 is 0 Å². The number of hydrogen-bond acceptors (Lipinski definition) is 2. The molecule has 1 aromatic carbocycles. The van der Waals surface area contributed by atoms with E-state index in [2.05, 4.69) is 0 Å². The van der Waals surface area contributed by atoms with Gasteiger partial charge in [-0.25, -0.2) is 8.78 Å². The number of likely N-dealkylation sites (N-methyl/N-ethyl adjacent to an activating group) is 1. The summed E-state index contributed by atoms with van der Waals surface area (Å²) in [7, 11) is 1.67. The second kappa shape index (κ2) is 6.93. The Labute approximate surface area is 105 Å². The Balaban J connectivity index is 2.46. The molecule has 3 nitrogen and oxygen atoms in total. The maximum absolute atomic E-state index is 12.9. The van der Waals surface area contributed by atoms with Gasteiger partial charge >= 0.3 is 0 Å². The van der Waals surface area contributed by atoms with Gasteiger partial charge in [-0.15, -0.1) is 0 Å². The molecule has 0 bridgehead atoms. The predicted octanol–water partition coefficient (Wildman–Crippen LogP) is 2.60. The van der Waals surface area contributed by atoms with Crippen molar-refractivity contribution in [2.45, 2.75) is 19.8 Å². The van der Waals surface area contributed by atoms with Crippen LogP contribution in [0, 0.1) is 11.6 Å². The first-order chi connectivity index (χ1) is 8.52. The molecule has 0 aliphatic rings. The smallest absolute Gasteiger partial charge is 0.260 e. The minimum Gasteiger partial charge on any atom is -0.484 e. The molecule has 1 amide bonds. The van der Waals surface area contributed by atoms with Crippen LogP contribution in [-0.4, -0.2) is 31.0 Å². The molecule has 0 aliphatic heterocycles. The van der Waals surface area contributed by atoms with Crippen molar-refractivity contribution < 1.29 is 18.3 Å². The van der Waals surface area contributed by atoms with Crippen molar-refractivity contribution in [3.63, 3.8) is 0 Å². The zero-order valence-corrected chi connectivity index (χ0v) is 10.6. The van der Waals surface area contributed by atoms with Gasteiger partial charge in [0, 0.05) is 31.8 Å². The van der Waals surface area contributed by atoms with Crippen molar-refractivity contribution in [1.82, 2.24) is 4.90 Å². The Hall–Kier alpha value is -1.65. The summed E-state index contributed by atoms with van der Waals surface area (Å²) >= 11 is 0. The van der Waals surface area contributed by atoms with Gasteiger partial charge in [-0.3, -0.25) is 4.79 Å². The molecule has 0 atom stereocenters. The summed E-state index contributed by atoms with van der Waals surface area (Å²) in [5.74, 6) is -1.65. The number of benzene rings is 1. The summed E-state index contributed by atoms with van der Waals surface area (Å²) < 4.78 is 30.8. The van der Waals surface area contributed by atoms with Crippen LogP contribution >= 0.6 is 0 Å². The largest absolute Gasteiger partial charge is 0.484 e. The van der Waals surface area contributed by atoms with Crippen molar-refractivity contribution in [1.29, 1.82) is 0 Å². The lowest BCUT2D eigenvalue weighted by Gasteiger charge is -2.16. The van der Waals surface area contributed by atoms with Gasteiger partial charge in [0.15, 0.2) is 6.61 Å². The maximum Gasteiger partial charge on any atom is 0.260 e. The van der Waals surface area contributed by atoms with E-state index in [0.29, 0.717) is 6.54 Å². The van der Waals surface area contributed by atoms with Crippen molar-refractivity contribution in [2.75, 3.05) is 20.2 Å². The molecule has 0 saturated carbocycles. The molecule has 0 fully saturated rings. The molecular formula is C13H17F2NO2. The van der Waals surface area contributed by atoms with Crippen LogP contribution in [0.4, 0.5) is 8.78 Å². The third-order valence-electron chi connectivity index (χ3n) is 2.47. The van der Waals surface area contributed by atoms with E-state index < -0.39 is 11.6 Å². The summed E-state index contributed by atoms with van der Waals surface area (Å²) in [6, 6.07) is 2.84. The summed E-state index contributed by atoms with van der Waals surface area (Å²) in [4.78, 5) is 13.1. The van der Waals surface area contributed by atoms with Crippen molar-refractivity contribution >= 4 is 5.91 Å². The van der Waals surface area contributed by atoms with E-state index in [9.17, 15) is 13.6 Å². The normalized spacial score (nSPS) is 10.2. The van der Waals surface area contributed by atoms with Crippen LogP contribution in [0.15, 0.2) is 18.2 Å². The van der Waals surface area contributed by atoms with Crippen LogP contribution in [-0.2, 0) is 4.79 Å². The Morgan fingerprint density at radius 1 is 1.28 bits per heavy atom. The van der Waals surface area contributed by atoms with Gasteiger partial charge < -0.3 is 9.64 Å². The quantitative estimate of drug-likeness (QED) is 0.784. The van der Waals surface area contributed by atoms with E-state index in [0.717, 1.165) is 31.0 Å². The standard InChI is InChI=1S/C13H17F2NO2/c1-3-4-5-16(2)13(17)9-18-12-7-10(14)6-11(15)8-12/h6-8H,3-5,9H2,1-2H3. The third kappa shape index (κ3) is 4.69. The molecule has 1 rings (SSSR count). The molecule has 1 aromatic rings. The minimum absolute atomic E-state index is 0.0183. The van der Waals surface area contributed by atoms with Gasteiger partial charge in [0.1, 0.15) is 17.4 Å². The lowest BCUT2D eigenvalue weighted by Crippen LogP contribution is -2.32. The molecule has 0 heterocycles. The zero-order valence-electron chi connectivity index (χ0n) is 10.6. The van der Waals surface area contributed by atoms with Crippen LogP contribution in [0.1, 0.15) is 19.8 Å². The average molecular weight is 257 g/mol. The number of halogens is 2. The number of unbranched alkanes of at least 4 members (excludes halogenated alkanes) is 1. The fourth-order valence-corrected chi connectivity index (χ4v) is 1.39. The lowest BCUT2D eigenvalue weighted by molar-refractivity contribution is -0.132. The highest BCUT2D eigenvalue weighted by atomic mass is 19.1. The molecule has 5 heteroatoms. The molecule has 0 aromatic heterocycles. The summed E-state index contributed by atoms with van der Waals surface area (Å²) in [5, 5.41) is 0. The second-order valence-corrected chi connectivity index (χ2v) is 4.06. The van der Waals surface area contributed by atoms with Crippen LogP contribution in [0.5, 0.6) is 5.75 Å². The van der Waals surface area contributed by atoms with Crippen LogP contribution in [0.3, 0.4) is 0 Å². The highest BCUT2D eigenvalue weighted by molar-refractivity contribution is 5.77. The number of rotatable bonds is 6. The first-order valence-corrected chi connectivity index (χ1v) is 5.85. The molecule has 0 saturated heterocycles. The Morgan fingerprint density at radius 2 is 1.89 bits per heavy atom. The molecule has 0 spiro atoms. The molecule has 0 radical (unpaired) electrons. The third-order valence-corrected chi connectivity index (χ3v) is 2.47. The number of nitrogens with zero attached hydrogens (tertiary/aromatic N) is 1. The highest BCUT2D eigenvalue weighted by Gasteiger charge is 2.09. The molecule has 0 unspecified atom stereocenters. The number of carbonyl (C=O) groups excluding carboxylic acids is 1. The number of carbonyl (C=O) groups is 1. The fraction of sp³-hybridized carbons (Fsp3) is 0.462. The van der Waals surface area contributed by atoms with E-state index in [1.807, 2.05) is 6.92 Å². The van der Waals surface area contributed by atoms with Crippen LogP contribution < -0.4 is 4.74 Å². The van der Waals surface area contributed by atoms with Crippen molar-refractivity contribution in [2.24, 2.45) is 0 Å². The van der Waals surface area contributed by atoms with Crippen molar-refractivity contribution in [3.8, 4) is 5.75 Å². The lowest BCUT2D eigenvalue weighted by atomic mass is 10.3.